The van der Waals surface area contributed by atoms with Gasteiger partial charge in [-0.1, -0.05) is 0 Å². The summed E-state index contributed by atoms with van der Waals surface area (Å²) in [6.07, 6.45) is 2.78. The van der Waals surface area contributed by atoms with Crippen molar-refractivity contribution in [3.8, 4) is 0 Å². The van der Waals surface area contributed by atoms with E-state index >= 15 is 0 Å². The third-order valence-corrected chi connectivity index (χ3v) is 0.844. The Bertz CT molecular complexity index is 164. The maximum atomic E-state index is 10.4. The molecule has 3 radical (unpaired) electrons. The SMILES string of the molecule is O=C1C=CN=CC1O.[In]. The molecule has 1 aliphatic rings. The molecule has 1 rings (SSSR count). The summed E-state index contributed by atoms with van der Waals surface area (Å²) >= 11 is 0. The van der Waals surface area contributed by atoms with Crippen LogP contribution in [0.3, 0.4) is 0 Å². The topological polar surface area (TPSA) is 49.7 Å². The number of ketones is 1. The standard InChI is InChI=1S/C5H5NO2.In/c7-4-1-2-6-3-5(4)8;/h1-3,5,8H;. The molecule has 0 aromatic rings. The molecule has 0 spiro atoms. The minimum absolute atomic E-state index is 0. The Morgan fingerprint density at radius 3 is 2.67 bits per heavy atom. The average Bonchev–Trinajstić information content (AvgIpc) is 1.77. The Balaban J connectivity index is 0.000000640. The van der Waals surface area contributed by atoms with Crippen LogP contribution in [0.5, 0.6) is 0 Å². The number of rotatable bonds is 0. The first-order chi connectivity index (χ1) is 3.80. The Labute approximate surface area is 71.3 Å². The van der Waals surface area contributed by atoms with E-state index in [1.807, 2.05) is 0 Å². The van der Waals surface area contributed by atoms with Gasteiger partial charge in [-0.3, -0.25) is 9.79 Å². The maximum Gasteiger partial charge on any atom is 0.191 e. The van der Waals surface area contributed by atoms with Gasteiger partial charge in [-0.2, -0.15) is 0 Å². The summed E-state index contributed by atoms with van der Waals surface area (Å²) in [6, 6.07) is 0. The molecule has 0 aromatic carbocycles. The Morgan fingerprint density at radius 1 is 1.67 bits per heavy atom. The molecule has 4 heteroatoms. The third kappa shape index (κ3) is 2.32. The van der Waals surface area contributed by atoms with E-state index in [1.54, 1.807) is 0 Å². The van der Waals surface area contributed by atoms with E-state index in [4.69, 9.17) is 5.11 Å². The molecule has 1 unspecified atom stereocenters. The summed E-state index contributed by atoms with van der Waals surface area (Å²) in [5.74, 6) is -0.306. The number of hydrogen-bond acceptors (Lipinski definition) is 3. The molecule has 9 heavy (non-hydrogen) atoms. The Kier molecular flexibility index (Phi) is 3.81. The number of nitrogens with zero attached hydrogens (tertiary/aromatic N) is 1. The van der Waals surface area contributed by atoms with E-state index in [1.165, 1.54) is 18.5 Å². The second-order valence-corrected chi connectivity index (χ2v) is 1.46. The summed E-state index contributed by atoms with van der Waals surface area (Å²) in [5.41, 5.74) is 0. The number of carbonyl (C=O) groups is 1. The molecule has 0 amide bonds. The molecule has 0 aliphatic carbocycles. The number of hydrogen-bond donors (Lipinski definition) is 1. The maximum absolute atomic E-state index is 10.4. The molecule has 0 saturated carbocycles. The van der Waals surface area contributed by atoms with Gasteiger partial charge in [-0.05, 0) is 0 Å². The fourth-order valence-electron chi connectivity index (χ4n) is 0.420. The number of aliphatic hydroxyl groups is 1. The van der Waals surface area contributed by atoms with Crippen LogP contribution in [0.1, 0.15) is 0 Å². The van der Waals surface area contributed by atoms with E-state index in [-0.39, 0.29) is 31.6 Å². The second-order valence-electron chi connectivity index (χ2n) is 1.46. The first kappa shape index (κ1) is 8.91. The van der Waals surface area contributed by atoms with Gasteiger partial charge < -0.3 is 5.11 Å². The first-order valence-electron chi connectivity index (χ1n) is 2.22. The number of aliphatic imine (C=N–C) groups is 1. The average molecular weight is 226 g/mol. The van der Waals surface area contributed by atoms with Crippen LogP contribution in [-0.4, -0.2) is 49.1 Å². The smallest absolute Gasteiger partial charge is 0.191 e. The van der Waals surface area contributed by atoms with Crippen LogP contribution in [0.15, 0.2) is 17.3 Å². The molecule has 1 atom stereocenters. The second kappa shape index (κ2) is 3.85. The van der Waals surface area contributed by atoms with E-state index in [0.717, 1.165) is 0 Å². The van der Waals surface area contributed by atoms with Gasteiger partial charge in [0, 0.05) is 44.3 Å². The van der Waals surface area contributed by atoms with Gasteiger partial charge in [0.2, 0.25) is 0 Å². The monoisotopic (exact) mass is 226 g/mol. The largest absolute Gasteiger partial charge is 0.379 e. The summed E-state index contributed by atoms with van der Waals surface area (Å²) in [5, 5.41) is 8.63. The van der Waals surface area contributed by atoms with Crippen LogP contribution in [-0.2, 0) is 4.79 Å². The predicted octanol–water partition coefficient (Wildman–Crippen LogP) is -0.866. The molecule has 0 fully saturated rings. The minimum Gasteiger partial charge on any atom is -0.379 e. The quantitative estimate of drug-likeness (QED) is 0.583. The first-order valence-corrected chi connectivity index (χ1v) is 2.22. The van der Waals surface area contributed by atoms with Crippen molar-refractivity contribution in [2.75, 3.05) is 0 Å². The summed E-state index contributed by atoms with van der Waals surface area (Å²) < 4.78 is 0. The van der Waals surface area contributed by atoms with Crippen molar-refractivity contribution in [3.63, 3.8) is 0 Å². The van der Waals surface area contributed by atoms with Crippen molar-refractivity contribution in [2.24, 2.45) is 4.99 Å². The molecule has 3 nitrogen and oxygen atoms in total. The molecule has 0 saturated heterocycles. The van der Waals surface area contributed by atoms with E-state index in [2.05, 4.69) is 4.99 Å². The van der Waals surface area contributed by atoms with Crippen molar-refractivity contribution in [1.82, 2.24) is 0 Å². The summed E-state index contributed by atoms with van der Waals surface area (Å²) in [6.45, 7) is 0. The van der Waals surface area contributed by atoms with Crippen molar-refractivity contribution < 1.29 is 9.90 Å². The number of aliphatic hydroxyl groups excluding tert-OH is 1. The van der Waals surface area contributed by atoms with Crippen LogP contribution in [0, 0.1) is 0 Å². The van der Waals surface area contributed by atoms with Crippen molar-refractivity contribution >= 4 is 37.8 Å². The third-order valence-electron chi connectivity index (χ3n) is 0.844. The molecule has 45 valence electrons. The van der Waals surface area contributed by atoms with E-state index < -0.39 is 6.10 Å². The van der Waals surface area contributed by atoms with Crippen LogP contribution in [0.4, 0.5) is 0 Å². The van der Waals surface area contributed by atoms with Crippen LogP contribution in [0.25, 0.3) is 0 Å². The van der Waals surface area contributed by atoms with Crippen molar-refractivity contribution in [3.05, 3.63) is 12.3 Å². The molecule has 1 aliphatic heterocycles. The van der Waals surface area contributed by atoms with Gasteiger partial charge >= 0.3 is 0 Å². The van der Waals surface area contributed by atoms with E-state index in [9.17, 15) is 4.79 Å². The van der Waals surface area contributed by atoms with E-state index in [0.29, 0.717) is 0 Å². The Morgan fingerprint density at radius 2 is 2.33 bits per heavy atom. The predicted molar refractivity (Wildman–Crippen MR) is 34.4 cm³/mol. The zero-order valence-electron chi connectivity index (χ0n) is 4.69. The van der Waals surface area contributed by atoms with Gasteiger partial charge in [0.15, 0.2) is 11.9 Å². The molecule has 0 aromatic heterocycles. The van der Waals surface area contributed by atoms with Crippen molar-refractivity contribution in [1.29, 1.82) is 0 Å². The zero-order valence-corrected chi connectivity index (χ0v) is 7.99. The number of carbonyl (C=O) groups excluding carboxylic acids is 1. The summed E-state index contributed by atoms with van der Waals surface area (Å²) in [7, 11) is 0. The molecule has 1 heterocycles. The van der Waals surface area contributed by atoms with Gasteiger partial charge in [0.25, 0.3) is 0 Å². The van der Waals surface area contributed by atoms with Gasteiger partial charge in [-0.25, -0.2) is 0 Å². The molecule has 1 N–H and O–H groups in total. The molecular formula is C5H5InNO2. The fraction of sp³-hybridized carbons (Fsp3) is 0.200. The van der Waals surface area contributed by atoms with Gasteiger partial charge in [0.1, 0.15) is 0 Å². The van der Waals surface area contributed by atoms with Crippen LogP contribution in [0.2, 0.25) is 0 Å². The van der Waals surface area contributed by atoms with Crippen molar-refractivity contribution in [2.45, 2.75) is 6.10 Å². The zero-order chi connectivity index (χ0) is 5.98. The summed E-state index contributed by atoms with van der Waals surface area (Å²) in [4.78, 5) is 13.9. The fourth-order valence-corrected chi connectivity index (χ4v) is 0.420. The normalized spacial score (nSPS) is 23.7. The Hall–Kier alpha value is -0.0899. The van der Waals surface area contributed by atoms with Gasteiger partial charge in [0.05, 0.1) is 0 Å². The minimum atomic E-state index is -1.01. The molecule has 0 bridgehead atoms. The molecular weight excluding hydrogens is 221 g/mol. The van der Waals surface area contributed by atoms with Gasteiger partial charge in [-0.15, -0.1) is 0 Å². The van der Waals surface area contributed by atoms with Crippen LogP contribution < -0.4 is 0 Å². The van der Waals surface area contributed by atoms with Crippen LogP contribution >= 0.6 is 0 Å².